The van der Waals surface area contributed by atoms with Gasteiger partial charge in [0.15, 0.2) is 5.82 Å². The first-order chi connectivity index (χ1) is 9.21. The second kappa shape index (κ2) is 6.07. The highest BCUT2D eigenvalue weighted by molar-refractivity contribution is 5.38. The highest BCUT2D eigenvalue weighted by atomic mass is 16.5. The maximum Gasteiger partial charge on any atom is 0.224 e. The van der Waals surface area contributed by atoms with Crippen molar-refractivity contribution in [3.05, 3.63) is 35.9 Å². The van der Waals surface area contributed by atoms with E-state index >= 15 is 0 Å². The number of aromatic nitrogens is 3. The monoisotopic (exact) mass is 261 g/mol. The summed E-state index contributed by atoms with van der Waals surface area (Å²) < 4.78 is 10.6. The molecule has 0 aliphatic carbocycles. The van der Waals surface area contributed by atoms with Crippen molar-refractivity contribution in [3.63, 3.8) is 0 Å². The van der Waals surface area contributed by atoms with Gasteiger partial charge in [0.1, 0.15) is 18.2 Å². The summed E-state index contributed by atoms with van der Waals surface area (Å²) in [6.45, 7) is 2.18. The lowest BCUT2D eigenvalue weighted by Gasteiger charge is -2.08. The quantitative estimate of drug-likeness (QED) is 0.620. The number of nitrogen functional groups attached to an aromatic ring is 1. The molecule has 7 heteroatoms. The van der Waals surface area contributed by atoms with Crippen molar-refractivity contribution >= 4 is 5.82 Å². The Morgan fingerprint density at radius 3 is 2.79 bits per heavy atom. The van der Waals surface area contributed by atoms with Crippen LogP contribution in [0.5, 0.6) is 11.6 Å². The van der Waals surface area contributed by atoms with E-state index in [0.717, 1.165) is 5.69 Å². The Labute approximate surface area is 110 Å². The molecule has 2 aromatic heterocycles. The van der Waals surface area contributed by atoms with Gasteiger partial charge in [-0.1, -0.05) is 0 Å². The van der Waals surface area contributed by atoms with Gasteiger partial charge in [0.25, 0.3) is 0 Å². The fourth-order valence-corrected chi connectivity index (χ4v) is 1.43. The van der Waals surface area contributed by atoms with E-state index in [1.165, 1.54) is 0 Å². The van der Waals surface area contributed by atoms with Crippen LogP contribution in [0.15, 0.2) is 24.4 Å². The van der Waals surface area contributed by atoms with Crippen molar-refractivity contribution in [1.29, 1.82) is 0 Å². The Morgan fingerprint density at radius 2 is 2.16 bits per heavy atom. The summed E-state index contributed by atoms with van der Waals surface area (Å²) in [6, 6.07) is 5.27. The van der Waals surface area contributed by atoms with Crippen LogP contribution in [0.1, 0.15) is 11.5 Å². The number of nitrogens with zero attached hydrogens (tertiary/aromatic N) is 3. The Morgan fingerprint density at radius 1 is 1.32 bits per heavy atom. The smallest absolute Gasteiger partial charge is 0.224 e. The van der Waals surface area contributed by atoms with Gasteiger partial charge in [-0.3, -0.25) is 4.98 Å². The molecule has 0 radical (unpaired) electrons. The van der Waals surface area contributed by atoms with E-state index in [2.05, 4.69) is 20.4 Å². The molecule has 2 aromatic rings. The van der Waals surface area contributed by atoms with Gasteiger partial charge in [0.05, 0.1) is 6.20 Å². The van der Waals surface area contributed by atoms with Crippen LogP contribution in [0.4, 0.5) is 5.82 Å². The molecule has 0 fully saturated rings. The minimum Gasteiger partial charge on any atom is -0.437 e. The second-order valence-electron chi connectivity index (χ2n) is 3.82. The predicted octanol–water partition coefficient (Wildman–Crippen LogP) is 1.40. The number of methoxy groups -OCH3 is 1. The average Bonchev–Trinajstić information content (AvgIpc) is 2.41. The van der Waals surface area contributed by atoms with E-state index in [0.29, 0.717) is 23.3 Å². The molecule has 0 spiro atoms. The Kier molecular flexibility index (Phi) is 4.22. The van der Waals surface area contributed by atoms with Gasteiger partial charge in [-0.05, 0) is 19.1 Å². The van der Waals surface area contributed by atoms with Crippen LogP contribution in [0, 0.1) is 6.92 Å². The maximum absolute atomic E-state index is 5.60. The third-order valence-corrected chi connectivity index (χ3v) is 2.28. The molecule has 0 aromatic carbocycles. The zero-order valence-electron chi connectivity index (χ0n) is 10.8. The van der Waals surface area contributed by atoms with E-state index in [9.17, 15) is 0 Å². The molecular weight excluding hydrogens is 246 g/mol. The molecule has 0 atom stereocenters. The fraction of sp³-hybridized carbons (Fsp3) is 0.250. The first-order valence-corrected chi connectivity index (χ1v) is 5.65. The predicted molar refractivity (Wildman–Crippen MR) is 69.6 cm³/mol. The highest BCUT2D eigenvalue weighted by Crippen LogP contribution is 2.20. The number of hydrazine groups is 1. The topological polar surface area (TPSA) is 95.2 Å². The van der Waals surface area contributed by atoms with Crippen molar-refractivity contribution in [3.8, 4) is 11.6 Å². The molecule has 2 heterocycles. The molecule has 0 bridgehead atoms. The van der Waals surface area contributed by atoms with Gasteiger partial charge in [-0.25, -0.2) is 10.8 Å². The molecule has 7 nitrogen and oxygen atoms in total. The largest absolute Gasteiger partial charge is 0.437 e. The standard InChI is InChI=1S/C12H15N5O2/c1-8-3-4-9(6-14-8)19-12-5-10(17-13)15-11(16-12)7-18-2/h3-6H,7,13H2,1-2H3,(H,15,16,17). The van der Waals surface area contributed by atoms with Gasteiger partial charge in [-0.2, -0.15) is 4.98 Å². The number of hydrogen-bond donors (Lipinski definition) is 2. The Bertz CT molecular complexity index is 544. The number of ether oxygens (including phenoxy) is 2. The number of aryl methyl sites for hydroxylation is 1. The molecule has 0 aliphatic heterocycles. The van der Waals surface area contributed by atoms with E-state index in [1.54, 1.807) is 19.4 Å². The number of hydrogen-bond acceptors (Lipinski definition) is 7. The van der Waals surface area contributed by atoms with Crippen molar-refractivity contribution in [2.75, 3.05) is 12.5 Å². The van der Waals surface area contributed by atoms with Crippen LogP contribution < -0.4 is 16.0 Å². The number of rotatable bonds is 5. The van der Waals surface area contributed by atoms with Crippen molar-refractivity contribution in [2.45, 2.75) is 13.5 Å². The van der Waals surface area contributed by atoms with E-state index < -0.39 is 0 Å². The molecule has 0 saturated heterocycles. The number of anilines is 1. The lowest BCUT2D eigenvalue weighted by Crippen LogP contribution is -2.11. The summed E-state index contributed by atoms with van der Waals surface area (Å²) in [5, 5.41) is 0. The van der Waals surface area contributed by atoms with Crippen molar-refractivity contribution in [1.82, 2.24) is 15.0 Å². The van der Waals surface area contributed by atoms with Crippen LogP contribution in [0.25, 0.3) is 0 Å². The first-order valence-electron chi connectivity index (χ1n) is 5.65. The number of nitrogens with one attached hydrogen (secondary N) is 1. The summed E-state index contributed by atoms with van der Waals surface area (Å²) in [6.07, 6.45) is 1.63. The van der Waals surface area contributed by atoms with Gasteiger partial charge in [0.2, 0.25) is 5.88 Å². The molecule has 0 aliphatic rings. The maximum atomic E-state index is 5.60. The third-order valence-electron chi connectivity index (χ3n) is 2.28. The summed E-state index contributed by atoms with van der Waals surface area (Å²) >= 11 is 0. The minimum absolute atomic E-state index is 0.276. The van der Waals surface area contributed by atoms with Crippen LogP contribution in [-0.2, 0) is 11.3 Å². The molecule has 0 saturated carbocycles. The third kappa shape index (κ3) is 3.60. The lowest BCUT2D eigenvalue weighted by atomic mass is 10.4. The van der Waals surface area contributed by atoms with Gasteiger partial charge >= 0.3 is 0 Å². The van der Waals surface area contributed by atoms with E-state index in [1.807, 2.05) is 19.1 Å². The van der Waals surface area contributed by atoms with Gasteiger partial charge in [-0.15, -0.1) is 0 Å². The normalized spacial score (nSPS) is 10.3. The van der Waals surface area contributed by atoms with Crippen LogP contribution in [-0.4, -0.2) is 22.1 Å². The van der Waals surface area contributed by atoms with E-state index in [-0.39, 0.29) is 6.61 Å². The molecule has 100 valence electrons. The Hall–Kier alpha value is -2.25. The van der Waals surface area contributed by atoms with Gasteiger partial charge < -0.3 is 14.9 Å². The van der Waals surface area contributed by atoms with Crippen LogP contribution in [0.2, 0.25) is 0 Å². The molecule has 2 rings (SSSR count). The number of nitrogens with two attached hydrogens (primary N) is 1. The van der Waals surface area contributed by atoms with Crippen molar-refractivity contribution < 1.29 is 9.47 Å². The molecule has 3 N–H and O–H groups in total. The lowest BCUT2D eigenvalue weighted by molar-refractivity contribution is 0.177. The molecular formula is C12H15N5O2. The highest BCUT2D eigenvalue weighted by Gasteiger charge is 2.06. The summed E-state index contributed by atoms with van der Waals surface area (Å²) in [4.78, 5) is 12.5. The summed E-state index contributed by atoms with van der Waals surface area (Å²) in [5.74, 6) is 7.25. The fourth-order valence-electron chi connectivity index (χ4n) is 1.43. The van der Waals surface area contributed by atoms with Gasteiger partial charge in [0, 0.05) is 18.9 Å². The summed E-state index contributed by atoms with van der Waals surface area (Å²) in [5.41, 5.74) is 3.37. The number of pyridine rings is 1. The summed E-state index contributed by atoms with van der Waals surface area (Å²) in [7, 11) is 1.57. The van der Waals surface area contributed by atoms with Crippen molar-refractivity contribution in [2.24, 2.45) is 5.84 Å². The zero-order valence-corrected chi connectivity index (χ0v) is 10.8. The minimum atomic E-state index is 0.276. The molecule has 0 unspecified atom stereocenters. The second-order valence-corrected chi connectivity index (χ2v) is 3.82. The molecule has 0 amide bonds. The first kappa shape index (κ1) is 13.2. The Balaban J connectivity index is 2.23. The van der Waals surface area contributed by atoms with Crippen LogP contribution >= 0.6 is 0 Å². The molecule has 19 heavy (non-hydrogen) atoms. The van der Waals surface area contributed by atoms with E-state index in [4.69, 9.17) is 15.3 Å². The van der Waals surface area contributed by atoms with Crippen LogP contribution in [0.3, 0.4) is 0 Å². The zero-order chi connectivity index (χ0) is 13.7. The average molecular weight is 261 g/mol. The SMILES string of the molecule is COCc1nc(NN)cc(Oc2ccc(C)nc2)n1.